The molecule has 1 heterocycles. The van der Waals surface area contributed by atoms with E-state index in [0.717, 1.165) is 18.3 Å². The number of rotatable bonds is 6. The van der Waals surface area contributed by atoms with Crippen LogP contribution in [0.25, 0.3) is 0 Å². The SMILES string of the molecule is CCNCC(C)(C)CN1CCSC(CC)C1. The van der Waals surface area contributed by atoms with E-state index in [1.165, 1.54) is 31.8 Å². The second kappa shape index (κ2) is 6.87. The van der Waals surface area contributed by atoms with Gasteiger partial charge in [-0.2, -0.15) is 11.8 Å². The molecule has 3 heteroatoms. The highest BCUT2D eigenvalue weighted by Crippen LogP contribution is 2.24. The molecule has 0 spiro atoms. The van der Waals surface area contributed by atoms with Crippen molar-refractivity contribution in [1.82, 2.24) is 10.2 Å². The first kappa shape index (κ1) is 14.3. The van der Waals surface area contributed by atoms with Crippen molar-refractivity contribution in [3.63, 3.8) is 0 Å². The second-order valence-corrected chi connectivity index (χ2v) is 6.99. The van der Waals surface area contributed by atoms with Crippen LogP contribution in [-0.4, -0.2) is 48.6 Å². The Bertz CT molecular complexity index is 194. The number of hydrogen-bond acceptors (Lipinski definition) is 3. The van der Waals surface area contributed by atoms with Gasteiger partial charge in [0.25, 0.3) is 0 Å². The molecule has 1 fully saturated rings. The minimum absolute atomic E-state index is 0.399. The van der Waals surface area contributed by atoms with Crippen LogP contribution >= 0.6 is 11.8 Å². The van der Waals surface area contributed by atoms with E-state index in [4.69, 9.17) is 0 Å². The predicted molar refractivity (Wildman–Crippen MR) is 75.3 cm³/mol. The van der Waals surface area contributed by atoms with Gasteiger partial charge in [-0.3, -0.25) is 0 Å². The normalized spacial score (nSPS) is 23.6. The zero-order valence-corrected chi connectivity index (χ0v) is 12.2. The summed E-state index contributed by atoms with van der Waals surface area (Å²) in [5, 5.41) is 4.34. The Morgan fingerprint density at radius 2 is 2.12 bits per heavy atom. The average Bonchev–Trinajstić information content (AvgIpc) is 2.26. The highest BCUT2D eigenvalue weighted by molar-refractivity contribution is 8.00. The van der Waals surface area contributed by atoms with Crippen molar-refractivity contribution in [3.05, 3.63) is 0 Å². The van der Waals surface area contributed by atoms with Gasteiger partial charge >= 0.3 is 0 Å². The first-order valence-electron chi connectivity index (χ1n) is 6.62. The Morgan fingerprint density at radius 1 is 1.38 bits per heavy atom. The molecule has 1 atom stereocenters. The molecule has 1 N–H and O–H groups in total. The summed E-state index contributed by atoms with van der Waals surface area (Å²) in [5.41, 5.74) is 0.399. The molecule has 2 nitrogen and oxygen atoms in total. The van der Waals surface area contributed by atoms with E-state index in [2.05, 4.69) is 49.7 Å². The van der Waals surface area contributed by atoms with Gasteiger partial charge in [0.2, 0.25) is 0 Å². The van der Waals surface area contributed by atoms with Crippen molar-refractivity contribution in [2.75, 3.05) is 38.5 Å². The first-order valence-corrected chi connectivity index (χ1v) is 7.67. The molecule has 0 aromatic heterocycles. The summed E-state index contributed by atoms with van der Waals surface area (Å²) < 4.78 is 0. The predicted octanol–water partition coefficient (Wildman–Crippen LogP) is 2.45. The molecule has 1 aliphatic heterocycles. The molecule has 0 aromatic carbocycles. The van der Waals surface area contributed by atoms with E-state index in [-0.39, 0.29) is 0 Å². The lowest BCUT2D eigenvalue weighted by molar-refractivity contribution is 0.178. The monoisotopic (exact) mass is 244 g/mol. The zero-order valence-electron chi connectivity index (χ0n) is 11.4. The molecule has 0 bridgehead atoms. The van der Waals surface area contributed by atoms with Crippen molar-refractivity contribution < 1.29 is 0 Å². The standard InChI is InChI=1S/C13H28N2S/c1-5-12-9-15(7-8-16-12)11-13(3,4)10-14-6-2/h12,14H,5-11H2,1-4H3. The molecule has 1 rings (SSSR count). The van der Waals surface area contributed by atoms with Crippen LogP contribution in [0.5, 0.6) is 0 Å². The van der Waals surface area contributed by atoms with Crippen LogP contribution in [-0.2, 0) is 0 Å². The second-order valence-electron chi connectivity index (χ2n) is 5.58. The highest BCUT2D eigenvalue weighted by Gasteiger charge is 2.25. The molecule has 16 heavy (non-hydrogen) atoms. The van der Waals surface area contributed by atoms with Gasteiger partial charge in [0.15, 0.2) is 0 Å². The van der Waals surface area contributed by atoms with Crippen molar-refractivity contribution in [1.29, 1.82) is 0 Å². The third-order valence-corrected chi connectivity index (χ3v) is 4.56. The highest BCUT2D eigenvalue weighted by atomic mass is 32.2. The van der Waals surface area contributed by atoms with E-state index in [0.29, 0.717) is 5.41 Å². The Balaban J connectivity index is 2.34. The summed E-state index contributed by atoms with van der Waals surface area (Å²) in [6, 6.07) is 0. The summed E-state index contributed by atoms with van der Waals surface area (Å²) in [6.45, 7) is 15.2. The average molecular weight is 244 g/mol. The molecule has 0 aromatic rings. The molecule has 0 saturated carbocycles. The van der Waals surface area contributed by atoms with Crippen LogP contribution in [0.4, 0.5) is 0 Å². The van der Waals surface area contributed by atoms with E-state index >= 15 is 0 Å². The molecule has 1 aliphatic rings. The van der Waals surface area contributed by atoms with Crippen LogP contribution in [0.2, 0.25) is 0 Å². The van der Waals surface area contributed by atoms with Crippen LogP contribution in [0.1, 0.15) is 34.1 Å². The quantitative estimate of drug-likeness (QED) is 0.772. The summed E-state index contributed by atoms with van der Waals surface area (Å²) in [4.78, 5) is 2.65. The van der Waals surface area contributed by atoms with Crippen LogP contribution in [0.15, 0.2) is 0 Å². The molecule has 0 radical (unpaired) electrons. The smallest absolute Gasteiger partial charge is 0.0172 e. The molecule has 1 saturated heterocycles. The Morgan fingerprint density at radius 3 is 2.75 bits per heavy atom. The summed E-state index contributed by atoms with van der Waals surface area (Å²) >= 11 is 2.15. The van der Waals surface area contributed by atoms with Crippen LogP contribution < -0.4 is 5.32 Å². The maximum absolute atomic E-state index is 3.47. The van der Waals surface area contributed by atoms with Crippen LogP contribution in [0, 0.1) is 5.41 Å². The van der Waals surface area contributed by atoms with Crippen molar-refractivity contribution in [2.45, 2.75) is 39.4 Å². The minimum Gasteiger partial charge on any atom is -0.316 e. The number of nitrogens with one attached hydrogen (secondary N) is 1. The fraction of sp³-hybridized carbons (Fsp3) is 1.00. The molecular weight excluding hydrogens is 216 g/mol. The van der Waals surface area contributed by atoms with Gasteiger partial charge in [0.1, 0.15) is 0 Å². The third-order valence-electron chi connectivity index (χ3n) is 3.18. The largest absolute Gasteiger partial charge is 0.316 e. The summed E-state index contributed by atoms with van der Waals surface area (Å²) in [6.07, 6.45) is 1.31. The fourth-order valence-electron chi connectivity index (χ4n) is 2.30. The maximum atomic E-state index is 3.47. The lowest BCUT2D eigenvalue weighted by Gasteiger charge is -2.37. The number of nitrogens with zero attached hydrogens (tertiary/aromatic N) is 1. The van der Waals surface area contributed by atoms with Gasteiger partial charge in [-0.1, -0.05) is 27.7 Å². The first-order chi connectivity index (χ1) is 7.57. The van der Waals surface area contributed by atoms with E-state index < -0.39 is 0 Å². The lowest BCUT2D eigenvalue weighted by atomic mass is 9.92. The van der Waals surface area contributed by atoms with Crippen molar-refractivity contribution in [2.24, 2.45) is 5.41 Å². The van der Waals surface area contributed by atoms with Gasteiger partial charge in [-0.15, -0.1) is 0 Å². The number of thioether (sulfide) groups is 1. The molecule has 96 valence electrons. The fourth-order valence-corrected chi connectivity index (χ4v) is 3.54. The zero-order chi connectivity index (χ0) is 12.0. The summed E-state index contributed by atoms with van der Waals surface area (Å²) in [7, 11) is 0. The topological polar surface area (TPSA) is 15.3 Å². The number of hydrogen-bond donors (Lipinski definition) is 1. The molecule has 0 amide bonds. The van der Waals surface area contributed by atoms with Crippen molar-refractivity contribution >= 4 is 11.8 Å². The maximum Gasteiger partial charge on any atom is 0.0172 e. The Hall–Kier alpha value is 0.270. The van der Waals surface area contributed by atoms with Gasteiger partial charge in [0.05, 0.1) is 0 Å². The Labute approximate surface area is 106 Å². The van der Waals surface area contributed by atoms with E-state index in [1.54, 1.807) is 0 Å². The molecular formula is C13H28N2S. The van der Waals surface area contributed by atoms with Gasteiger partial charge in [-0.05, 0) is 18.4 Å². The van der Waals surface area contributed by atoms with Gasteiger partial charge < -0.3 is 10.2 Å². The summed E-state index contributed by atoms with van der Waals surface area (Å²) in [5.74, 6) is 1.32. The van der Waals surface area contributed by atoms with Crippen molar-refractivity contribution in [3.8, 4) is 0 Å². The third kappa shape index (κ3) is 5.07. The lowest BCUT2D eigenvalue weighted by Crippen LogP contribution is -2.45. The van der Waals surface area contributed by atoms with Crippen LogP contribution in [0.3, 0.4) is 0 Å². The van der Waals surface area contributed by atoms with E-state index in [1.807, 2.05) is 0 Å². The van der Waals surface area contributed by atoms with E-state index in [9.17, 15) is 0 Å². The Kier molecular flexibility index (Phi) is 6.16. The molecule has 1 unspecified atom stereocenters. The minimum atomic E-state index is 0.399. The van der Waals surface area contributed by atoms with Gasteiger partial charge in [-0.25, -0.2) is 0 Å². The molecule has 0 aliphatic carbocycles. The van der Waals surface area contributed by atoms with Gasteiger partial charge in [0, 0.05) is 37.2 Å².